The average Bonchev–Trinajstić information content (AvgIpc) is 2.88. The number of nitriles is 1. The molecule has 1 atom stereocenters. The Labute approximate surface area is 136 Å². The maximum Gasteiger partial charge on any atom is 0.407 e. The van der Waals surface area contributed by atoms with Crippen molar-refractivity contribution in [2.45, 2.75) is 58.7 Å². The van der Waals surface area contributed by atoms with Crippen LogP contribution in [-0.4, -0.2) is 24.3 Å². The second kappa shape index (κ2) is 8.76. The first-order valence-corrected chi connectivity index (χ1v) is 8.34. The molecule has 0 aromatic carbocycles. The van der Waals surface area contributed by atoms with Crippen molar-refractivity contribution >= 4 is 17.4 Å². The van der Waals surface area contributed by atoms with E-state index in [-0.39, 0.29) is 6.04 Å². The molecule has 1 unspecified atom stereocenters. The molecule has 1 rings (SSSR count). The van der Waals surface area contributed by atoms with Gasteiger partial charge in [-0.05, 0) is 39.3 Å². The number of hydrogen-bond donors (Lipinski definition) is 2. The maximum atomic E-state index is 11.7. The van der Waals surface area contributed by atoms with Crippen LogP contribution in [0.3, 0.4) is 0 Å². The summed E-state index contributed by atoms with van der Waals surface area (Å²) in [5.74, 6) is 0. The SMILES string of the molecule is CCCC(CNC(=O)OC(C)(C)C)NCc1ccc(C#N)s1. The fourth-order valence-electron chi connectivity index (χ4n) is 1.92. The highest BCUT2D eigenvalue weighted by atomic mass is 32.1. The number of amides is 1. The van der Waals surface area contributed by atoms with Crippen LogP contribution in [0.4, 0.5) is 4.79 Å². The van der Waals surface area contributed by atoms with Crippen LogP contribution in [0.1, 0.15) is 50.3 Å². The van der Waals surface area contributed by atoms with E-state index < -0.39 is 11.7 Å². The summed E-state index contributed by atoms with van der Waals surface area (Å²) in [6.07, 6.45) is 1.60. The molecule has 1 amide bonds. The van der Waals surface area contributed by atoms with Crippen molar-refractivity contribution in [1.29, 1.82) is 5.26 Å². The predicted octanol–water partition coefficient (Wildman–Crippen LogP) is 3.40. The molecular formula is C16H25N3O2S. The molecule has 6 heteroatoms. The van der Waals surface area contributed by atoms with Crippen molar-refractivity contribution in [3.63, 3.8) is 0 Å². The van der Waals surface area contributed by atoms with Crippen LogP contribution in [0.2, 0.25) is 0 Å². The summed E-state index contributed by atoms with van der Waals surface area (Å²) in [5.41, 5.74) is -0.484. The Morgan fingerprint density at radius 1 is 1.45 bits per heavy atom. The molecule has 0 spiro atoms. The minimum Gasteiger partial charge on any atom is -0.444 e. The Hall–Kier alpha value is -1.58. The lowest BCUT2D eigenvalue weighted by molar-refractivity contribution is 0.0521. The quantitative estimate of drug-likeness (QED) is 0.806. The second-order valence-corrected chi connectivity index (χ2v) is 7.30. The molecule has 0 bridgehead atoms. The van der Waals surface area contributed by atoms with Crippen LogP contribution >= 0.6 is 11.3 Å². The van der Waals surface area contributed by atoms with Crippen molar-refractivity contribution < 1.29 is 9.53 Å². The van der Waals surface area contributed by atoms with Gasteiger partial charge in [0.1, 0.15) is 16.5 Å². The van der Waals surface area contributed by atoms with Gasteiger partial charge in [0, 0.05) is 24.0 Å². The Kier molecular flexibility index (Phi) is 7.36. The van der Waals surface area contributed by atoms with E-state index >= 15 is 0 Å². The van der Waals surface area contributed by atoms with Crippen molar-refractivity contribution in [1.82, 2.24) is 10.6 Å². The molecule has 0 radical (unpaired) electrons. The van der Waals surface area contributed by atoms with E-state index in [0.717, 1.165) is 22.6 Å². The van der Waals surface area contributed by atoms with Gasteiger partial charge in [-0.2, -0.15) is 5.26 Å². The largest absolute Gasteiger partial charge is 0.444 e. The third-order valence-electron chi connectivity index (χ3n) is 2.87. The number of thiophene rings is 1. The zero-order valence-corrected chi connectivity index (χ0v) is 14.5. The zero-order chi connectivity index (χ0) is 16.6. The molecule has 2 N–H and O–H groups in total. The summed E-state index contributed by atoms with van der Waals surface area (Å²) < 4.78 is 5.24. The minimum absolute atomic E-state index is 0.185. The number of nitrogens with one attached hydrogen (secondary N) is 2. The molecule has 0 saturated heterocycles. The van der Waals surface area contributed by atoms with Crippen LogP contribution in [0.15, 0.2) is 12.1 Å². The standard InChI is InChI=1S/C16H25N3O2S/c1-5-6-12(10-19-15(20)21-16(2,3)4)18-11-14-8-7-13(9-17)22-14/h7-8,12,18H,5-6,10-11H2,1-4H3,(H,19,20). The molecule has 122 valence electrons. The van der Waals surface area contributed by atoms with E-state index in [2.05, 4.69) is 23.6 Å². The Balaban J connectivity index is 2.41. The normalized spacial score (nSPS) is 12.5. The van der Waals surface area contributed by atoms with Gasteiger partial charge in [-0.25, -0.2) is 4.79 Å². The number of carbonyl (C=O) groups excluding carboxylic acids is 1. The minimum atomic E-state index is -0.484. The maximum absolute atomic E-state index is 11.7. The number of rotatable bonds is 7. The summed E-state index contributed by atoms with van der Waals surface area (Å²) >= 11 is 1.49. The smallest absolute Gasteiger partial charge is 0.407 e. The molecule has 0 fully saturated rings. The van der Waals surface area contributed by atoms with Gasteiger partial charge in [0.15, 0.2) is 0 Å². The first kappa shape index (κ1) is 18.5. The van der Waals surface area contributed by atoms with Gasteiger partial charge >= 0.3 is 6.09 Å². The lowest BCUT2D eigenvalue weighted by Crippen LogP contribution is -2.42. The van der Waals surface area contributed by atoms with Crippen molar-refractivity contribution in [2.24, 2.45) is 0 Å². The molecule has 1 heterocycles. The van der Waals surface area contributed by atoms with Gasteiger partial charge in [-0.3, -0.25) is 0 Å². The van der Waals surface area contributed by atoms with Gasteiger partial charge in [-0.1, -0.05) is 13.3 Å². The monoisotopic (exact) mass is 323 g/mol. The third kappa shape index (κ3) is 7.43. The topological polar surface area (TPSA) is 74.2 Å². The van der Waals surface area contributed by atoms with E-state index in [1.807, 2.05) is 32.9 Å². The van der Waals surface area contributed by atoms with Crippen LogP contribution in [-0.2, 0) is 11.3 Å². The van der Waals surface area contributed by atoms with E-state index in [9.17, 15) is 4.79 Å². The zero-order valence-electron chi connectivity index (χ0n) is 13.7. The highest BCUT2D eigenvalue weighted by Crippen LogP contribution is 2.15. The van der Waals surface area contributed by atoms with E-state index in [0.29, 0.717) is 13.1 Å². The molecule has 22 heavy (non-hydrogen) atoms. The number of hydrogen-bond acceptors (Lipinski definition) is 5. The summed E-state index contributed by atoms with van der Waals surface area (Å²) in [4.78, 5) is 13.5. The summed E-state index contributed by atoms with van der Waals surface area (Å²) in [6, 6.07) is 6.11. The molecule has 0 aliphatic carbocycles. The highest BCUT2D eigenvalue weighted by Gasteiger charge is 2.17. The number of carbonyl (C=O) groups is 1. The highest BCUT2D eigenvalue weighted by molar-refractivity contribution is 7.12. The Bertz CT molecular complexity index is 514. The predicted molar refractivity (Wildman–Crippen MR) is 88.8 cm³/mol. The first-order chi connectivity index (χ1) is 10.3. The van der Waals surface area contributed by atoms with Crippen molar-refractivity contribution in [3.8, 4) is 6.07 Å². The van der Waals surface area contributed by atoms with Crippen LogP contribution in [0, 0.1) is 11.3 Å². The number of nitrogens with zero attached hydrogens (tertiary/aromatic N) is 1. The molecule has 1 aromatic rings. The van der Waals surface area contributed by atoms with E-state index in [1.54, 1.807) is 0 Å². The van der Waals surface area contributed by atoms with Crippen molar-refractivity contribution in [3.05, 3.63) is 21.9 Å². The van der Waals surface area contributed by atoms with Gasteiger partial charge in [0.05, 0.1) is 0 Å². The third-order valence-corrected chi connectivity index (χ3v) is 3.86. The van der Waals surface area contributed by atoms with Crippen LogP contribution < -0.4 is 10.6 Å². The molecule has 0 saturated carbocycles. The van der Waals surface area contributed by atoms with Gasteiger partial charge in [0.2, 0.25) is 0 Å². The number of alkyl carbamates (subject to hydrolysis) is 1. The summed E-state index contributed by atoms with van der Waals surface area (Å²) in [7, 11) is 0. The van der Waals surface area contributed by atoms with Crippen LogP contribution in [0.5, 0.6) is 0 Å². The van der Waals surface area contributed by atoms with Crippen molar-refractivity contribution in [2.75, 3.05) is 6.54 Å². The second-order valence-electron chi connectivity index (χ2n) is 6.13. The molecular weight excluding hydrogens is 298 g/mol. The van der Waals surface area contributed by atoms with Gasteiger partial charge < -0.3 is 15.4 Å². The van der Waals surface area contributed by atoms with Crippen LogP contribution in [0.25, 0.3) is 0 Å². The van der Waals surface area contributed by atoms with E-state index in [4.69, 9.17) is 10.00 Å². The molecule has 1 aromatic heterocycles. The Morgan fingerprint density at radius 2 is 2.18 bits per heavy atom. The Morgan fingerprint density at radius 3 is 2.73 bits per heavy atom. The molecule has 0 aliphatic rings. The first-order valence-electron chi connectivity index (χ1n) is 7.53. The fourth-order valence-corrected chi connectivity index (χ4v) is 2.68. The molecule has 0 aliphatic heterocycles. The number of ether oxygens (including phenoxy) is 1. The summed E-state index contributed by atoms with van der Waals surface area (Å²) in [5, 5.41) is 15.1. The van der Waals surface area contributed by atoms with Gasteiger partial charge in [-0.15, -0.1) is 11.3 Å². The molecule has 5 nitrogen and oxygen atoms in total. The lowest BCUT2D eigenvalue weighted by atomic mass is 10.1. The summed E-state index contributed by atoms with van der Waals surface area (Å²) in [6.45, 7) is 8.88. The lowest BCUT2D eigenvalue weighted by Gasteiger charge is -2.22. The average molecular weight is 323 g/mol. The fraction of sp³-hybridized carbons (Fsp3) is 0.625. The van der Waals surface area contributed by atoms with Gasteiger partial charge in [0.25, 0.3) is 0 Å². The van der Waals surface area contributed by atoms with E-state index in [1.165, 1.54) is 11.3 Å².